The molecule has 1 heterocycles. The Bertz CT molecular complexity index is 1240. The zero-order chi connectivity index (χ0) is 32.6. The molecule has 1 aliphatic heterocycles. The Morgan fingerprint density at radius 3 is 2.18 bits per heavy atom. The fourth-order valence-corrected chi connectivity index (χ4v) is 8.73. The molecular formula is C32H42O13. The molecule has 5 aliphatic rings. The molecule has 12 atom stereocenters. The van der Waals surface area contributed by atoms with Gasteiger partial charge >= 0.3 is 23.9 Å². The van der Waals surface area contributed by atoms with Crippen molar-refractivity contribution in [1.29, 1.82) is 0 Å². The zero-order valence-electron chi connectivity index (χ0n) is 26.0. The number of Topliss-reactive ketones (excluding diaryl/α,β-unsaturated/α-hetero) is 1. The molecule has 0 radical (unpaired) electrons. The largest absolute Gasteiger partial charge is 0.467 e. The van der Waals surface area contributed by atoms with Gasteiger partial charge in [0.2, 0.25) is 0 Å². The molecule has 4 aliphatic carbocycles. The quantitative estimate of drug-likeness (QED) is 0.301. The molecule has 0 unspecified atom stereocenters. The third-order valence-electron chi connectivity index (χ3n) is 10.3. The van der Waals surface area contributed by atoms with Gasteiger partial charge in [0.1, 0.15) is 6.61 Å². The Labute approximate surface area is 261 Å². The number of fused-ring (bicyclic) bond motifs is 5. The van der Waals surface area contributed by atoms with Gasteiger partial charge in [-0.05, 0) is 74.2 Å². The van der Waals surface area contributed by atoms with Crippen LogP contribution in [0.1, 0.15) is 65.7 Å². The number of aliphatic hydroxyl groups excluding tert-OH is 1. The van der Waals surface area contributed by atoms with Crippen LogP contribution in [-0.4, -0.2) is 91.1 Å². The first-order valence-corrected chi connectivity index (χ1v) is 15.7. The summed E-state index contributed by atoms with van der Waals surface area (Å²) < 4.78 is 32.4. The average Bonchev–Trinajstić information content (AvgIpc) is 3.40. The highest BCUT2D eigenvalue weighted by Gasteiger charge is 2.57. The van der Waals surface area contributed by atoms with Gasteiger partial charge in [0.05, 0.1) is 13.2 Å². The number of aliphatic hydroxyl groups is 1. The zero-order valence-corrected chi connectivity index (χ0v) is 26.0. The highest BCUT2D eigenvalue weighted by atomic mass is 16.7. The maximum atomic E-state index is 13.7. The number of methoxy groups -OCH3 is 1. The molecule has 45 heavy (non-hydrogen) atoms. The van der Waals surface area contributed by atoms with Gasteiger partial charge in [-0.25, -0.2) is 4.79 Å². The number of carbonyl (C=O) groups is 6. The molecule has 0 amide bonds. The van der Waals surface area contributed by atoms with Crippen molar-refractivity contribution in [2.24, 2.45) is 35.5 Å². The van der Waals surface area contributed by atoms with E-state index < -0.39 is 67.3 Å². The van der Waals surface area contributed by atoms with E-state index in [-0.39, 0.29) is 47.1 Å². The minimum absolute atomic E-state index is 0.0328. The van der Waals surface area contributed by atoms with Crippen LogP contribution in [0.15, 0.2) is 11.6 Å². The Balaban J connectivity index is 1.31. The average molecular weight is 635 g/mol. The van der Waals surface area contributed by atoms with E-state index in [2.05, 4.69) is 0 Å². The van der Waals surface area contributed by atoms with Crippen molar-refractivity contribution in [3.8, 4) is 0 Å². The number of hydrogen-bond acceptors (Lipinski definition) is 13. The molecule has 0 aromatic carbocycles. The topological polar surface area (TPSA) is 178 Å². The molecule has 13 heteroatoms. The predicted molar refractivity (Wildman–Crippen MR) is 151 cm³/mol. The minimum Gasteiger partial charge on any atom is -0.467 e. The summed E-state index contributed by atoms with van der Waals surface area (Å²) in [6, 6.07) is 0. The second-order valence-corrected chi connectivity index (χ2v) is 12.9. The summed E-state index contributed by atoms with van der Waals surface area (Å²) in [5.74, 6) is -3.03. The molecule has 0 bridgehead atoms. The Kier molecular flexibility index (Phi) is 10.1. The first-order valence-electron chi connectivity index (χ1n) is 15.7. The third-order valence-corrected chi connectivity index (χ3v) is 10.3. The van der Waals surface area contributed by atoms with E-state index in [0.717, 1.165) is 59.1 Å². The molecule has 1 saturated heterocycles. The van der Waals surface area contributed by atoms with E-state index in [1.807, 2.05) is 0 Å². The Morgan fingerprint density at radius 1 is 0.844 bits per heavy atom. The lowest BCUT2D eigenvalue weighted by molar-refractivity contribution is -0.300. The lowest BCUT2D eigenvalue weighted by atomic mass is 9.54. The number of ketones is 2. The van der Waals surface area contributed by atoms with Gasteiger partial charge in [-0.15, -0.1) is 0 Å². The van der Waals surface area contributed by atoms with Crippen molar-refractivity contribution in [2.75, 3.05) is 13.7 Å². The van der Waals surface area contributed by atoms with E-state index in [1.54, 1.807) is 6.08 Å². The van der Waals surface area contributed by atoms with E-state index in [0.29, 0.717) is 19.3 Å². The van der Waals surface area contributed by atoms with Crippen LogP contribution in [0.3, 0.4) is 0 Å². The van der Waals surface area contributed by atoms with Gasteiger partial charge < -0.3 is 33.5 Å². The predicted octanol–water partition coefficient (Wildman–Crippen LogP) is 1.60. The smallest absolute Gasteiger partial charge is 0.339 e. The van der Waals surface area contributed by atoms with Crippen LogP contribution in [0.5, 0.6) is 0 Å². The van der Waals surface area contributed by atoms with Crippen LogP contribution in [0.25, 0.3) is 0 Å². The van der Waals surface area contributed by atoms with Crippen LogP contribution in [0, 0.1) is 35.5 Å². The lowest BCUT2D eigenvalue weighted by Crippen LogP contribution is -2.64. The maximum absolute atomic E-state index is 13.7. The Hall–Kier alpha value is -3.16. The van der Waals surface area contributed by atoms with Gasteiger partial charge in [-0.1, -0.05) is 5.57 Å². The second kappa shape index (κ2) is 13.7. The molecule has 3 saturated carbocycles. The summed E-state index contributed by atoms with van der Waals surface area (Å²) in [6.45, 7) is 2.82. The molecular weight excluding hydrogens is 592 g/mol. The van der Waals surface area contributed by atoms with E-state index >= 15 is 0 Å². The summed E-state index contributed by atoms with van der Waals surface area (Å²) in [5, 5.41) is 11.4. The summed E-state index contributed by atoms with van der Waals surface area (Å²) in [7, 11) is 1.09. The number of ether oxygens (including phenoxy) is 6. The highest BCUT2D eigenvalue weighted by molar-refractivity contribution is 5.91. The van der Waals surface area contributed by atoms with Gasteiger partial charge in [-0.3, -0.25) is 24.0 Å². The molecule has 1 N–H and O–H groups in total. The first-order chi connectivity index (χ1) is 21.4. The third kappa shape index (κ3) is 6.85. The van der Waals surface area contributed by atoms with Crippen LogP contribution >= 0.6 is 0 Å². The monoisotopic (exact) mass is 634 g/mol. The minimum atomic E-state index is -1.61. The number of carbonyl (C=O) groups excluding carboxylic acids is 6. The molecule has 0 aromatic rings. The number of rotatable bonds is 8. The molecule has 0 spiro atoms. The summed E-state index contributed by atoms with van der Waals surface area (Å²) in [4.78, 5) is 74.3. The first kappa shape index (κ1) is 33.2. The molecule has 13 nitrogen and oxygen atoms in total. The highest BCUT2D eigenvalue weighted by Crippen LogP contribution is 2.58. The van der Waals surface area contributed by atoms with E-state index in [4.69, 9.17) is 28.4 Å². The van der Waals surface area contributed by atoms with Gasteiger partial charge in [-0.2, -0.15) is 0 Å². The molecule has 5 rings (SSSR count). The van der Waals surface area contributed by atoms with Crippen molar-refractivity contribution in [3.63, 3.8) is 0 Å². The van der Waals surface area contributed by atoms with Gasteiger partial charge in [0, 0.05) is 33.1 Å². The standard InChI is InChI=1S/C32H42O13/c1-14(33)42-27-28(43-15(2)34)30(44-16(3)35)32(45-29(27)31(39)40-4)41-13-25(38)21-10-9-20-22-7-5-17-11-18(36)6-8-19(17)26(22)24(37)12-23(20)21/h11,19-24,26-30,32,37H,5-10,12-13H2,1-4H3/t19-,20+,21+,22-,23-,24-,26+,27+,28+,29+,30-,32-/m0/s1. The maximum Gasteiger partial charge on any atom is 0.339 e. The molecule has 4 fully saturated rings. The van der Waals surface area contributed by atoms with Crippen LogP contribution in [0.4, 0.5) is 0 Å². The van der Waals surface area contributed by atoms with Crippen molar-refractivity contribution in [2.45, 2.75) is 103 Å². The van der Waals surface area contributed by atoms with E-state index in [1.165, 1.54) is 0 Å². The van der Waals surface area contributed by atoms with Crippen LogP contribution in [-0.2, 0) is 57.2 Å². The normalized spacial score (nSPS) is 38.9. The fourth-order valence-electron chi connectivity index (χ4n) is 8.73. The van der Waals surface area contributed by atoms with Crippen molar-refractivity contribution >= 4 is 35.4 Å². The summed E-state index contributed by atoms with van der Waals surface area (Å²) >= 11 is 0. The van der Waals surface area contributed by atoms with Crippen molar-refractivity contribution in [1.82, 2.24) is 0 Å². The van der Waals surface area contributed by atoms with Crippen LogP contribution in [0.2, 0.25) is 0 Å². The molecule has 248 valence electrons. The summed E-state index contributed by atoms with van der Waals surface area (Å²) in [5.41, 5.74) is 1.16. The van der Waals surface area contributed by atoms with Gasteiger partial charge in [0.15, 0.2) is 42.3 Å². The SMILES string of the molecule is COC(=O)[C@@H]1O[C@H](OCC(=O)[C@@H]2CC[C@@H]3[C@@H]4CCC5=CC(=O)CC[C@@H]5[C@H]4[C@@H](O)C[C@@H]32)[C@@H](OC(C)=O)[C@H](OC(C)=O)[C@H]1OC(C)=O. The number of esters is 4. The Morgan fingerprint density at radius 2 is 1.51 bits per heavy atom. The summed E-state index contributed by atoms with van der Waals surface area (Å²) in [6.07, 6.45) is -1.52. The van der Waals surface area contributed by atoms with Crippen molar-refractivity contribution in [3.05, 3.63) is 11.6 Å². The van der Waals surface area contributed by atoms with Gasteiger partial charge in [0.25, 0.3) is 0 Å². The number of allylic oxidation sites excluding steroid dienone is 1. The number of hydrogen-bond donors (Lipinski definition) is 1. The van der Waals surface area contributed by atoms with Crippen molar-refractivity contribution < 1.29 is 62.3 Å². The van der Waals surface area contributed by atoms with E-state index in [9.17, 15) is 33.9 Å². The fraction of sp³-hybridized carbons (Fsp3) is 0.750. The lowest BCUT2D eigenvalue weighted by Gasteiger charge is -2.51. The second-order valence-electron chi connectivity index (χ2n) is 12.9. The molecule has 0 aromatic heterocycles. The van der Waals surface area contributed by atoms with Crippen LogP contribution < -0.4 is 0 Å².